The topological polar surface area (TPSA) is 82.1 Å². The minimum absolute atomic E-state index is 0.0963. The largest absolute Gasteiger partial charge is 0.494 e. The molecule has 0 aliphatic heterocycles. The maximum absolute atomic E-state index is 11.7. The quantitative estimate of drug-likeness (QED) is 0.601. The Morgan fingerprint density at radius 2 is 1.70 bits per heavy atom. The second-order valence-corrected chi connectivity index (χ2v) is 3.97. The summed E-state index contributed by atoms with van der Waals surface area (Å²) in [6.07, 6.45) is 1.34. The lowest BCUT2D eigenvalue weighted by Crippen LogP contribution is -2.12. The van der Waals surface area contributed by atoms with Crippen molar-refractivity contribution in [3.05, 3.63) is 29.3 Å². The molecule has 0 fully saturated rings. The van der Waals surface area contributed by atoms with Crippen LogP contribution in [0.15, 0.2) is 18.2 Å². The first-order chi connectivity index (χ1) is 9.63. The summed E-state index contributed by atoms with van der Waals surface area (Å²) < 4.78 is 14.7. The molecule has 0 aliphatic carbocycles. The Kier molecular flexibility index (Phi) is 6.52. The molecule has 0 aromatic heterocycles. The second-order valence-electron chi connectivity index (χ2n) is 3.97. The third-order valence-electron chi connectivity index (χ3n) is 2.62. The zero-order valence-corrected chi connectivity index (χ0v) is 11.5. The molecule has 0 saturated heterocycles. The minimum Gasteiger partial charge on any atom is -0.494 e. The monoisotopic (exact) mass is 282 g/mol. The minimum atomic E-state index is -0.633. The van der Waals surface area contributed by atoms with Crippen LogP contribution in [-0.4, -0.2) is 44.5 Å². The summed E-state index contributed by atoms with van der Waals surface area (Å²) in [6.45, 7) is 0.525. The number of aliphatic hydroxyl groups excluding tert-OH is 1. The molecule has 1 rings (SSSR count). The van der Waals surface area contributed by atoms with Gasteiger partial charge in [0.1, 0.15) is 5.75 Å². The molecule has 0 heterocycles. The van der Waals surface area contributed by atoms with Gasteiger partial charge in [0.25, 0.3) is 0 Å². The predicted octanol–water partition coefficient (Wildman–Crippen LogP) is 1.41. The van der Waals surface area contributed by atoms with Crippen molar-refractivity contribution in [3.8, 4) is 5.75 Å². The Labute approximate surface area is 117 Å². The van der Waals surface area contributed by atoms with E-state index in [2.05, 4.69) is 9.47 Å². The van der Waals surface area contributed by atoms with E-state index in [-0.39, 0.29) is 17.7 Å². The number of hydrogen-bond donors (Lipinski definition) is 1. The van der Waals surface area contributed by atoms with Gasteiger partial charge >= 0.3 is 11.9 Å². The van der Waals surface area contributed by atoms with Crippen molar-refractivity contribution in [2.75, 3.05) is 27.4 Å². The Balaban J connectivity index is 2.90. The zero-order chi connectivity index (χ0) is 15.0. The van der Waals surface area contributed by atoms with Gasteiger partial charge in [0.15, 0.2) is 0 Å². The number of carbonyl (C=O) groups excluding carboxylic acids is 2. The number of unbranched alkanes of at least 4 members (excludes halogenated alkanes) is 1. The summed E-state index contributed by atoms with van der Waals surface area (Å²) in [5.41, 5.74) is 0.223. The highest BCUT2D eigenvalue weighted by atomic mass is 16.5. The number of carbonyl (C=O) groups is 2. The molecule has 0 radical (unpaired) electrons. The first kappa shape index (κ1) is 16.0. The normalized spacial score (nSPS) is 9.95. The highest BCUT2D eigenvalue weighted by Gasteiger charge is 2.19. The second kappa shape index (κ2) is 8.16. The van der Waals surface area contributed by atoms with E-state index in [9.17, 15) is 9.59 Å². The van der Waals surface area contributed by atoms with Crippen molar-refractivity contribution in [1.82, 2.24) is 0 Å². The van der Waals surface area contributed by atoms with Crippen molar-refractivity contribution in [1.29, 1.82) is 0 Å². The summed E-state index contributed by atoms with van der Waals surface area (Å²) >= 11 is 0. The van der Waals surface area contributed by atoms with Gasteiger partial charge in [0, 0.05) is 6.61 Å². The number of rotatable bonds is 7. The van der Waals surface area contributed by atoms with E-state index in [1.165, 1.54) is 26.4 Å². The highest BCUT2D eigenvalue weighted by molar-refractivity contribution is 6.03. The van der Waals surface area contributed by atoms with Gasteiger partial charge in [-0.1, -0.05) is 0 Å². The van der Waals surface area contributed by atoms with Gasteiger partial charge in [-0.25, -0.2) is 9.59 Å². The molecule has 6 nitrogen and oxygen atoms in total. The molecule has 0 saturated carbocycles. The Bertz CT molecular complexity index is 469. The summed E-state index contributed by atoms with van der Waals surface area (Å²) in [4.78, 5) is 23.2. The number of esters is 2. The Hall–Kier alpha value is -2.08. The molecule has 1 aromatic rings. The van der Waals surface area contributed by atoms with Crippen LogP contribution in [0, 0.1) is 0 Å². The number of methoxy groups -OCH3 is 2. The SMILES string of the molecule is COC(=O)c1ccc(OCCCCO)cc1C(=O)OC. The molecule has 1 aromatic carbocycles. The number of ether oxygens (including phenoxy) is 3. The zero-order valence-electron chi connectivity index (χ0n) is 11.5. The van der Waals surface area contributed by atoms with Crippen LogP contribution < -0.4 is 4.74 Å². The molecule has 110 valence electrons. The van der Waals surface area contributed by atoms with Crippen LogP contribution in [0.2, 0.25) is 0 Å². The van der Waals surface area contributed by atoms with E-state index < -0.39 is 11.9 Å². The van der Waals surface area contributed by atoms with Crippen LogP contribution in [-0.2, 0) is 9.47 Å². The fourth-order valence-corrected chi connectivity index (χ4v) is 1.58. The average Bonchev–Trinajstić information content (AvgIpc) is 2.49. The molecule has 1 N–H and O–H groups in total. The average molecular weight is 282 g/mol. The smallest absolute Gasteiger partial charge is 0.338 e. The van der Waals surface area contributed by atoms with Gasteiger partial charge in [0.2, 0.25) is 0 Å². The van der Waals surface area contributed by atoms with Gasteiger partial charge in [-0.2, -0.15) is 0 Å². The van der Waals surface area contributed by atoms with E-state index in [1.54, 1.807) is 6.07 Å². The molecule has 0 amide bonds. The lowest BCUT2D eigenvalue weighted by atomic mass is 10.1. The van der Waals surface area contributed by atoms with E-state index in [4.69, 9.17) is 9.84 Å². The van der Waals surface area contributed by atoms with Crippen LogP contribution in [0.5, 0.6) is 5.75 Å². The predicted molar refractivity (Wildman–Crippen MR) is 70.9 cm³/mol. The van der Waals surface area contributed by atoms with Crippen LogP contribution >= 0.6 is 0 Å². The highest BCUT2D eigenvalue weighted by Crippen LogP contribution is 2.20. The summed E-state index contributed by atoms with van der Waals surface area (Å²) in [5.74, 6) is -0.792. The summed E-state index contributed by atoms with van der Waals surface area (Å²) in [6, 6.07) is 4.48. The van der Waals surface area contributed by atoms with Gasteiger partial charge in [-0.05, 0) is 31.0 Å². The summed E-state index contributed by atoms with van der Waals surface area (Å²) in [5, 5.41) is 8.67. The molecule has 0 spiro atoms. The summed E-state index contributed by atoms with van der Waals surface area (Å²) in [7, 11) is 2.47. The number of hydrogen-bond acceptors (Lipinski definition) is 6. The van der Waals surface area contributed by atoms with Crippen molar-refractivity contribution in [2.24, 2.45) is 0 Å². The van der Waals surface area contributed by atoms with E-state index >= 15 is 0 Å². The van der Waals surface area contributed by atoms with Crippen molar-refractivity contribution >= 4 is 11.9 Å². The molecule has 0 aliphatic rings. The van der Waals surface area contributed by atoms with Crippen LogP contribution in [0.1, 0.15) is 33.6 Å². The molecular weight excluding hydrogens is 264 g/mol. The molecule has 0 unspecified atom stereocenters. The maximum atomic E-state index is 11.7. The number of benzene rings is 1. The molecular formula is C14H18O6. The Morgan fingerprint density at radius 3 is 2.30 bits per heavy atom. The molecule has 6 heteroatoms. The number of aliphatic hydroxyl groups is 1. The lowest BCUT2D eigenvalue weighted by molar-refractivity contribution is 0.0555. The third-order valence-corrected chi connectivity index (χ3v) is 2.62. The molecule has 20 heavy (non-hydrogen) atoms. The van der Waals surface area contributed by atoms with E-state index in [0.29, 0.717) is 25.2 Å². The van der Waals surface area contributed by atoms with Crippen LogP contribution in [0.4, 0.5) is 0 Å². The fourth-order valence-electron chi connectivity index (χ4n) is 1.58. The van der Waals surface area contributed by atoms with Crippen molar-refractivity contribution in [2.45, 2.75) is 12.8 Å². The lowest BCUT2D eigenvalue weighted by Gasteiger charge is -2.10. The maximum Gasteiger partial charge on any atom is 0.338 e. The van der Waals surface area contributed by atoms with Crippen LogP contribution in [0.25, 0.3) is 0 Å². The van der Waals surface area contributed by atoms with Gasteiger partial charge in [0.05, 0.1) is 32.0 Å². The first-order valence-corrected chi connectivity index (χ1v) is 6.18. The van der Waals surface area contributed by atoms with Gasteiger partial charge in [-0.15, -0.1) is 0 Å². The standard InChI is InChI=1S/C14H18O6/c1-18-13(16)11-6-5-10(20-8-4-3-7-15)9-12(11)14(17)19-2/h5-6,9,15H,3-4,7-8H2,1-2H3. The Morgan fingerprint density at radius 1 is 1.05 bits per heavy atom. The first-order valence-electron chi connectivity index (χ1n) is 6.18. The van der Waals surface area contributed by atoms with E-state index in [1.807, 2.05) is 0 Å². The van der Waals surface area contributed by atoms with Crippen molar-refractivity contribution in [3.63, 3.8) is 0 Å². The fraction of sp³-hybridized carbons (Fsp3) is 0.429. The van der Waals surface area contributed by atoms with Gasteiger partial charge in [-0.3, -0.25) is 0 Å². The molecule has 0 atom stereocenters. The van der Waals surface area contributed by atoms with Crippen LogP contribution in [0.3, 0.4) is 0 Å². The van der Waals surface area contributed by atoms with Gasteiger partial charge < -0.3 is 19.3 Å². The molecule has 0 bridgehead atoms. The van der Waals surface area contributed by atoms with Crippen molar-refractivity contribution < 1.29 is 28.9 Å². The third kappa shape index (κ3) is 4.24. The van der Waals surface area contributed by atoms with E-state index in [0.717, 1.165) is 0 Å².